The molecular formula is C8H18IN. The molecule has 0 amide bonds. The van der Waals surface area contributed by atoms with Gasteiger partial charge in [0, 0.05) is 36.0 Å². The third-order valence-electron chi connectivity index (χ3n) is 1.13. The second kappa shape index (κ2) is 5.35. The van der Waals surface area contributed by atoms with Gasteiger partial charge in [0.1, 0.15) is 0 Å². The Morgan fingerprint density at radius 2 is 1.30 bits per heavy atom. The Morgan fingerprint density at radius 3 is 1.50 bits per heavy atom. The van der Waals surface area contributed by atoms with Crippen LogP contribution in [0.15, 0.2) is 0 Å². The van der Waals surface area contributed by atoms with E-state index in [0.29, 0.717) is 0 Å². The highest BCUT2D eigenvalue weighted by Crippen LogP contribution is 2.07. The fourth-order valence-corrected chi connectivity index (χ4v) is 2.44. The first kappa shape index (κ1) is 10.7. The molecule has 0 aromatic heterocycles. The van der Waals surface area contributed by atoms with Crippen molar-refractivity contribution in [1.29, 1.82) is 0 Å². The highest BCUT2D eigenvalue weighted by Gasteiger charge is 2.04. The molecule has 0 saturated heterocycles. The van der Waals surface area contributed by atoms with Crippen molar-refractivity contribution in [2.75, 3.05) is 13.1 Å². The molecule has 0 saturated carbocycles. The Balaban J connectivity index is 3.34. The predicted octanol–water partition coefficient (Wildman–Crippen LogP) is 2.95. The van der Waals surface area contributed by atoms with Gasteiger partial charge in [0.2, 0.25) is 0 Å². The predicted molar refractivity (Wildman–Crippen MR) is 55.3 cm³/mol. The summed E-state index contributed by atoms with van der Waals surface area (Å²) in [4.78, 5) is 0. The summed E-state index contributed by atoms with van der Waals surface area (Å²) in [5.74, 6) is 1.58. The summed E-state index contributed by atoms with van der Waals surface area (Å²) in [5.41, 5.74) is 0. The van der Waals surface area contributed by atoms with E-state index in [2.05, 4.69) is 53.7 Å². The minimum absolute atomic E-state index is 0.788. The fourth-order valence-electron chi connectivity index (χ4n) is 0.867. The third-order valence-corrected chi connectivity index (χ3v) is 1.91. The lowest BCUT2D eigenvalue weighted by atomic mass is 10.2. The Labute approximate surface area is 78.7 Å². The highest BCUT2D eigenvalue weighted by atomic mass is 127. The molecule has 0 aliphatic heterocycles. The first-order chi connectivity index (χ1) is 4.52. The lowest BCUT2D eigenvalue weighted by molar-refractivity contribution is 0.390. The smallest absolute Gasteiger partial charge is 0.0201 e. The van der Waals surface area contributed by atoms with Crippen LogP contribution in [0, 0.1) is 11.8 Å². The molecule has 0 fully saturated rings. The van der Waals surface area contributed by atoms with Gasteiger partial charge in [-0.15, -0.1) is 0 Å². The van der Waals surface area contributed by atoms with E-state index in [0.717, 1.165) is 11.8 Å². The quantitative estimate of drug-likeness (QED) is 0.551. The lowest BCUT2D eigenvalue weighted by Crippen LogP contribution is -2.21. The molecule has 0 aliphatic rings. The Morgan fingerprint density at radius 1 is 1.00 bits per heavy atom. The summed E-state index contributed by atoms with van der Waals surface area (Å²) in [6, 6.07) is 0. The van der Waals surface area contributed by atoms with E-state index in [1.165, 1.54) is 13.1 Å². The summed E-state index contributed by atoms with van der Waals surface area (Å²) in [5, 5.41) is 0. The van der Waals surface area contributed by atoms with Crippen LogP contribution < -0.4 is 0 Å². The van der Waals surface area contributed by atoms with E-state index >= 15 is 0 Å². The summed E-state index contributed by atoms with van der Waals surface area (Å²) >= 11 is 2.41. The van der Waals surface area contributed by atoms with Crippen molar-refractivity contribution in [2.24, 2.45) is 11.8 Å². The van der Waals surface area contributed by atoms with Crippen LogP contribution in [0.2, 0.25) is 0 Å². The normalized spacial score (nSPS) is 12.0. The molecule has 0 aromatic carbocycles. The SMILES string of the molecule is CC(C)CN(I)CC(C)C. The van der Waals surface area contributed by atoms with Gasteiger partial charge in [0.05, 0.1) is 0 Å². The average molecular weight is 255 g/mol. The van der Waals surface area contributed by atoms with Crippen LogP contribution in [0.1, 0.15) is 27.7 Å². The van der Waals surface area contributed by atoms with E-state index in [-0.39, 0.29) is 0 Å². The van der Waals surface area contributed by atoms with Crippen LogP contribution in [0.25, 0.3) is 0 Å². The molecule has 2 heteroatoms. The molecule has 0 spiro atoms. The monoisotopic (exact) mass is 255 g/mol. The van der Waals surface area contributed by atoms with Gasteiger partial charge in [-0.2, -0.15) is 0 Å². The number of hydrogen-bond donors (Lipinski definition) is 0. The minimum atomic E-state index is 0.788. The van der Waals surface area contributed by atoms with Crippen LogP contribution in [-0.2, 0) is 0 Å². The number of hydrogen-bond acceptors (Lipinski definition) is 1. The molecule has 0 rings (SSSR count). The van der Waals surface area contributed by atoms with Gasteiger partial charge in [-0.05, 0) is 11.8 Å². The summed E-state index contributed by atoms with van der Waals surface area (Å²) in [6.07, 6.45) is 0. The fraction of sp³-hybridized carbons (Fsp3) is 1.00. The molecule has 0 N–H and O–H groups in total. The van der Waals surface area contributed by atoms with Crippen molar-refractivity contribution >= 4 is 22.9 Å². The average Bonchev–Trinajstić information content (AvgIpc) is 1.58. The van der Waals surface area contributed by atoms with Crippen LogP contribution >= 0.6 is 22.9 Å². The Kier molecular flexibility index (Phi) is 5.72. The molecule has 0 bridgehead atoms. The number of halogens is 1. The molecular weight excluding hydrogens is 237 g/mol. The molecule has 0 heterocycles. The molecule has 10 heavy (non-hydrogen) atoms. The van der Waals surface area contributed by atoms with E-state index in [4.69, 9.17) is 0 Å². The zero-order valence-corrected chi connectivity index (χ0v) is 9.55. The summed E-state index contributed by atoms with van der Waals surface area (Å²) in [7, 11) is 0. The van der Waals surface area contributed by atoms with Gasteiger partial charge in [-0.25, -0.2) is 3.11 Å². The van der Waals surface area contributed by atoms with Crippen LogP contribution in [0.3, 0.4) is 0 Å². The maximum absolute atomic E-state index is 2.41. The van der Waals surface area contributed by atoms with E-state index < -0.39 is 0 Å². The van der Waals surface area contributed by atoms with Gasteiger partial charge < -0.3 is 0 Å². The standard InChI is InChI=1S/C8H18IN/c1-7(2)5-10(9)6-8(3)4/h7-8H,5-6H2,1-4H3. The van der Waals surface area contributed by atoms with Crippen molar-refractivity contribution in [1.82, 2.24) is 3.11 Å². The molecule has 0 radical (unpaired) electrons. The van der Waals surface area contributed by atoms with Crippen molar-refractivity contribution < 1.29 is 0 Å². The Bertz CT molecular complexity index is 71.3. The second-order valence-electron chi connectivity index (χ2n) is 3.62. The molecule has 0 aliphatic carbocycles. The van der Waals surface area contributed by atoms with E-state index in [1.807, 2.05) is 0 Å². The summed E-state index contributed by atoms with van der Waals surface area (Å²) in [6.45, 7) is 11.4. The lowest BCUT2D eigenvalue weighted by Gasteiger charge is -2.18. The number of rotatable bonds is 4. The minimum Gasteiger partial charge on any atom is -0.247 e. The van der Waals surface area contributed by atoms with Crippen LogP contribution in [-0.4, -0.2) is 16.2 Å². The van der Waals surface area contributed by atoms with Crippen molar-refractivity contribution in [3.8, 4) is 0 Å². The number of nitrogens with zero attached hydrogens (tertiary/aromatic N) is 1. The highest BCUT2D eigenvalue weighted by molar-refractivity contribution is 14.1. The molecule has 1 nitrogen and oxygen atoms in total. The molecule has 0 unspecified atom stereocenters. The topological polar surface area (TPSA) is 3.24 Å². The maximum Gasteiger partial charge on any atom is 0.0201 e. The summed E-state index contributed by atoms with van der Waals surface area (Å²) < 4.78 is 2.37. The van der Waals surface area contributed by atoms with Gasteiger partial charge in [0.25, 0.3) is 0 Å². The first-order valence-electron chi connectivity index (χ1n) is 3.93. The van der Waals surface area contributed by atoms with E-state index in [1.54, 1.807) is 0 Å². The van der Waals surface area contributed by atoms with E-state index in [9.17, 15) is 0 Å². The zero-order valence-electron chi connectivity index (χ0n) is 7.39. The van der Waals surface area contributed by atoms with Gasteiger partial charge >= 0.3 is 0 Å². The zero-order chi connectivity index (χ0) is 8.15. The molecule has 0 atom stereocenters. The van der Waals surface area contributed by atoms with Gasteiger partial charge in [0.15, 0.2) is 0 Å². The van der Waals surface area contributed by atoms with Crippen molar-refractivity contribution in [2.45, 2.75) is 27.7 Å². The molecule has 62 valence electrons. The van der Waals surface area contributed by atoms with Gasteiger partial charge in [-0.3, -0.25) is 0 Å². The van der Waals surface area contributed by atoms with Crippen LogP contribution in [0.4, 0.5) is 0 Å². The van der Waals surface area contributed by atoms with Gasteiger partial charge in [-0.1, -0.05) is 27.7 Å². The van der Waals surface area contributed by atoms with Crippen LogP contribution in [0.5, 0.6) is 0 Å². The van der Waals surface area contributed by atoms with Crippen molar-refractivity contribution in [3.05, 3.63) is 0 Å². The second-order valence-corrected chi connectivity index (χ2v) is 4.98. The first-order valence-corrected chi connectivity index (χ1v) is 4.89. The Hall–Kier alpha value is 0.690. The third kappa shape index (κ3) is 6.81. The maximum atomic E-state index is 2.41. The van der Waals surface area contributed by atoms with Crippen molar-refractivity contribution in [3.63, 3.8) is 0 Å². The largest absolute Gasteiger partial charge is 0.247 e. The molecule has 0 aromatic rings.